The molecule has 2 heterocycles. The molecule has 0 aromatic carbocycles. The number of hydrogen-bond acceptors (Lipinski definition) is 5. The summed E-state index contributed by atoms with van der Waals surface area (Å²) in [6.45, 7) is 2.11. The fourth-order valence-electron chi connectivity index (χ4n) is 1.23. The van der Waals surface area contributed by atoms with E-state index in [0.717, 1.165) is 5.39 Å². The number of ether oxygens (including phenoxy) is 1. The van der Waals surface area contributed by atoms with Gasteiger partial charge in [-0.1, -0.05) is 0 Å². The number of carbonyl (C=O) groups is 1. The van der Waals surface area contributed by atoms with E-state index >= 15 is 0 Å². The van der Waals surface area contributed by atoms with Crippen molar-refractivity contribution in [2.45, 2.75) is 6.92 Å². The number of rotatable bonds is 2. The summed E-state index contributed by atoms with van der Waals surface area (Å²) in [7, 11) is 0. The van der Waals surface area contributed by atoms with Crippen LogP contribution < -0.4 is 0 Å². The summed E-state index contributed by atoms with van der Waals surface area (Å²) in [5, 5.41) is 0.728. The predicted molar refractivity (Wildman–Crippen MR) is 66.0 cm³/mol. The Morgan fingerprint density at radius 2 is 2.25 bits per heavy atom. The van der Waals surface area contributed by atoms with Crippen molar-refractivity contribution in [2.24, 2.45) is 0 Å². The van der Waals surface area contributed by atoms with Gasteiger partial charge in [-0.3, -0.25) is 0 Å². The lowest BCUT2D eigenvalue weighted by Crippen LogP contribution is -2.05. The van der Waals surface area contributed by atoms with Crippen LogP contribution in [0.3, 0.4) is 0 Å². The quantitative estimate of drug-likeness (QED) is 0.478. The number of pyridine rings is 1. The number of nitrogens with zero attached hydrogens (tertiary/aromatic N) is 3. The van der Waals surface area contributed by atoms with Crippen molar-refractivity contribution in [1.82, 2.24) is 15.0 Å². The fraction of sp³-hybridized carbons (Fsp3) is 0.200. The van der Waals surface area contributed by atoms with E-state index in [2.05, 4.69) is 15.0 Å². The van der Waals surface area contributed by atoms with E-state index in [1.165, 1.54) is 6.20 Å². The van der Waals surface area contributed by atoms with Crippen LogP contribution in [-0.4, -0.2) is 27.5 Å². The topological polar surface area (TPSA) is 65.0 Å². The monoisotopic (exact) mass is 329 g/mol. The second-order valence-corrected chi connectivity index (χ2v) is 3.96. The number of halogens is 1. The first-order valence-corrected chi connectivity index (χ1v) is 5.74. The molecule has 5 nitrogen and oxygen atoms in total. The molecule has 82 valence electrons. The molecule has 2 aromatic heterocycles. The van der Waals surface area contributed by atoms with Gasteiger partial charge in [0.25, 0.3) is 0 Å². The van der Waals surface area contributed by atoms with Gasteiger partial charge in [0, 0.05) is 40.4 Å². The number of aromatic nitrogens is 3. The Bertz CT molecular complexity index is 545. The minimum Gasteiger partial charge on any atom is -0.462 e. The van der Waals surface area contributed by atoms with Crippen LogP contribution in [0.15, 0.2) is 18.5 Å². The molecule has 0 radical (unpaired) electrons. The van der Waals surface area contributed by atoms with E-state index in [1.54, 1.807) is 19.2 Å². The molecule has 0 atom stereocenters. The molecule has 16 heavy (non-hydrogen) atoms. The molecule has 2 aromatic rings. The maximum Gasteiger partial charge on any atom is 0.339 e. The Balaban J connectivity index is 2.44. The minimum absolute atomic E-state index is 0.347. The lowest BCUT2D eigenvalue weighted by Gasteiger charge is -2.02. The summed E-state index contributed by atoms with van der Waals surface area (Å²) in [4.78, 5) is 23.7. The van der Waals surface area contributed by atoms with E-state index in [4.69, 9.17) is 4.74 Å². The number of fused-ring (bicyclic) bond motifs is 1. The molecule has 2 rings (SSSR count). The molecule has 0 aliphatic carbocycles. The van der Waals surface area contributed by atoms with Crippen LogP contribution in [-0.2, 0) is 4.74 Å². The van der Waals surface area contributed by atoms with Crippen LogP contribution in [0.4, 0.5) is 0 Å². The van der Waals surface area contributed by atoms with Gasteiger partial charge in [0.2, 0.25) is 0 Å². The van der Waals surface area contributed by atoms with E-state index in [9.17, 15) is 4.79 Å². The van der Waals surface area contributed by atoms with Gasteiger partial charge in [-0.15, -0.1) is 0 Å². The molecular formula is C10H8IN3O2. The lowest BCUT2D eigenvalue weighted by molar-refractivity contribution is 0.0526. The highest BCUT2D eigenvalue weighted by molar-refractivity contribution is 14.1. The molecule has 0 aliphatic heterocycles. The van der Waals surface area contributed by atoms with Crippen LogP contribution in [0.5, 0.6) is 0 Å². The van der Waals surface area contributed by atoms with Crippen molar-refractivity contribution in [3.63, 3.8) is 0 Å². The molecule has 0 fully saturated rings. The van der Waals surface area contributed by atoms with Gasteiger partial charge in [-0.05, 0) is 13.0 Å². The third-order valence-electron chi connectivity index (χ3n) is 1.91. The first-order valence-electron chi connectivity index (χ1n) is 4.66. The zero-order chi connectivity index (χ0) is 11.5. The van der Waals surface area contributed by atoms with Crippen molar-refractivity contribution in [1.29, 1.82) is 0 Å². The average Bonchev–Trinajstić information content (AvgIpc) is 2.28. The molecule has 0 bridgehead atoms. The maximum absolute atomic E-state index is 11.5. The highest BCUT2D eigenvalue weighted by Crippen LogP contribution is 2.12. The van der Waals surface area contributed by atoms with Gasteiger partial charge >= 0.3 is 5.97 Å². The molecule has 0 N–H and O–H groups in total. The van der Waals surface area contributed by atoms with Gasteiger partial charge in [-0.2, -0.15) is 0 Å². The zero-order valence-electron chi connectivity index (χ0n) is 8.48. The standard InChI is InChI=1S/C10H8IN3O2/c1-2-16-9(15)7-3-6-4-13-10(11)14-8(6)12-5-7/h3-5H,2H2,1H3. The van der Waals surface area contributed by atoms with Crippen LogP contribution >= 0.6 is 22.6 Å². The third-order valence-corrected chi connectivity index (χ3v) is 2.43. The van der Waals surface area contributed by atoms with Crippen LogP contribution in [0.1, 0.15) is 17.3 Å². The van der Waals surface area contributed by atoms with Crippen molar-refractivity contribution >= 4 is 39.6 Å². The fourth-order valence-corrected chi connectivity index (χ4v) is 1.60. The van der Waals surface area contributed by atoms with Gasteiger partial charge in [0.05, 0.1) is 12.2 Å². The molecule has 6 heteroatoms. The highest BCUT2D eigenvalue weighted by Gasteiger charge is 2.08. The summed E-state index contributed by atoms with van der Waals surface area (Å²) in [5.41, 5.74) is 0.992. The normalized spacial score (nSPS) is 10.4. The number of esters is 1. The van der Waals surface area contributed by atoms with E-state index in [0.29, 0.717) is 21.6 Å². The molecule has 0 aliphatic rings. The van der Waals surface area contributed by atoms with E-state index < -0.39 is 0 Å². The first-order chi connectivity index (χ1) is 7.70. The Labute approximate surface area is 105 Å². The second kappa shape index (κ2) is 4.69. The van der Waals surface area contributed by atoms with Gasteiger partial charge in [0.1, 0.15) is 0 Å². The Hall–Kier alpha value is -1.31. The Morgan fingerprint density at radius 1 is 1.44 bits per heavy atom. The summed E-state index contributed by atoms with van der Waals surface area (Å²) in [6.07, 6.45) is 3.10. The summed E-state index contributed by atoms with van der Waals surface area (Å²) < 4.78 is 5.51. The van der Waals surface area contributed by atoms with Crippen molar-refractivity contribution < 1.29 is 9.53 Å². The molecular weight excluding hydrogens is 321 g/mol. The average molecular weight is 329 g/mol. The molecule has 0 amide bonds. The number of carbonyl (C=O) groups excluding carboxylic acids is 1. The number of hydrogen-bond donors (Lipinski definition) is 0. The van der Waals surface area contributed by atoms with Crippen molar-refractivity contribution in [2.75, 3.05) is 6.61 Å². The largest absolute Gasteiger partial charge is 0.462 e. The van der Waals surface area contributed by atoms with Crippen LogP contribution in [0, 0.1) is 3.83 Å². The van der Waals surface area contributed by atoms with Crippen molar-refractivity contribution in [3.05, 3.63) is 27.9 Å². The van der Waals surface area contributed by atoms with Crippen LogP contribution in [0.25, 0.3) is 11.0 Å². The van der Waals surface area contributed by atoms with Crippen molar-refractivity contribution in [3.8, 4) is 0 Å². The predicted octanol–water partition coefficient (Wildman–Crippen LogP) is 1.81. The molecule has 0 saturated heterocycles. The lowest BCUT2D eigenvalue weighted by atomic mass is 10.2. The van der Waals surface area contributed by atoms with E-state index in [1.807, 2.05) is 22.6 Å². The molecule has 0 saturated carbocycles. The van der Waals surface area contributed by atoms with Gasteiger partial charge in [0.15, 0.2) is 9.48 Å². The van der Waals surface area contributed by atoms with Crippen LogP contribution in [0.2, 0.25) is 0 Å². The third kappa shape index (κ3) is 2.26. The molecule has 0 unspecified atom stereocenters. The highest BCUT2D eigenvalue weighted by atomic mass is 127. The van der Waals surface area contributed by atoms with E-state index in [-0.39, 0.29) is 5.97 Å². The second-order valence-electron chi connectivity index (χ2n) is 3.00. The van der Waals surface area contributed by atoms with Gasteiger partial charge in [-0.25, -0.2) is 19.7 Å². The zero-order valence-corrected chi connectivity index (χ0v) is 10.6. The SMILES string of the molecule is CCOC(=O)c1cnc2nc(I)ncc2c1. The first kappa shape index (κ1) is 11.2. The smallest absolute Gasteiger partial charge is 0.339 e. The molecule has 0 spiro atoms. The minimum atomic E-state index is -0.379. The van der Waals surface area contributed by atoms with Gasteiger partial charge < -0.3 is 4.74 Å². The summed E-state index contributed by atoms with van der Waals surface area (Å²) >= 11 is 2.01. The summed E-state index contributed by atoms with van der Waals surface area (Å²) in [6, 6.07) is 1.68. The summed E-state index contributed by atoms with van der Waals surface area (Å²) in [5.74, 6) is -0.379. The Kier molecular flexibility index (Phi) is 3.28. The Morgan fingerprint density at radius 3 is 3.00 bits per heavy atom. The maximum atomic E-state index is 11.5.